The van der Waals surface area contributed by atoms with Gasteiger partial charge in [-0.1, -0.05) is 33.6 Å². The smallest absolute Gasteiger partial charge is 0.0943 e. The van der Waals surface area contributed by atoms with Crippen LogP contribution in [0.3, 0.4) is 0 Å². The molecule has 0 aromatic heterocycles. The summed E-state index contributed by atoms with van der Waals surface area (Å²) in [7, 11) is 0. The number of amidine groups is 1. The highest BCUT2D eigenvalue weighted by Gasteiger charge is 2.36. The molecule has 0 spiro atoms. The highest BCUT2D eigenvalue weighted by atomic mass is 14.7. The molecule has 0 radical (unpaired) electrons. The zero-order valence-electron chi connectivity index (χ0n) is 10.8. The van der Waals surface area contributed by atoms with Gasteiger partial charge in [0.15, 0.2) is 0 Å². The summed E-state index contributed by atoms with van der Waals surface area (Å²) in [5, 5.41) is 16.0. The molecular formula is C13H25N3. The third-order valence-electron chi connectivity index (χ3n) is 4.15. The summed E-state index contributed by atoms with van der Waals surface area (Å²) in [4.78, 5) is 0. The fraction of sp³-hybridized carbons (Fsp3) is 0.846. The first-order valence-electron chi connectivity index (χ1n) is 6.33. The van der Waals surface area contributed by atoms with Gasteiger partial charge in [0.1, 0.15) is 0 Å². The summed E-state index contributed by atoms with van der Waals surface area (Å²) in [5.74, 6) is 0.606. The quantitative estimate of drug-likeness (QED) is 0.497. The van der Waals surface area contributed by atoms with Crippen molar-refractivity contribution in [1.29, 1.82) is 10.8 Å². The van der Waals surface area contributed by atoms with Crippen molar-refractivity contribution in [2.45, 2.75) is 52.9 Å². The van der Waals surface area contributed by atoms with E-state index in [-0.39, 0.29) is 23.1 Å². The Kier molecular flexibility index (Phi) is 4.11. The summed E-state index contributed by atoms with van der Waals surface area (Å²) in [5.41, 5.74) is 6.42. The lowest BCUT2D eigenvalue weighted by atomic mass is 9.68. The van der Waals surface area contributed by atoms with E-state index in [4.69, 9.17) is 16.6 Å². The van der Waals surface area contributed by atoms with Crippen molar-refractivity contribution in [3.63, 3.8) is 0 Å². The molecule has 2 atom stereocenters. The van der Waals surface area contributed by atoms with Gasteiger partial charge in [-0.05, 0) is 19.3 Å². The molecule has 3 nitrogen and oxygen atoms in total. The van der Waals surface area contributed by atoms with Crippen LogP contribution in [-0.4, -0.2) is 11.5 Å². The Labute approximate surface area is 98.8 Å². The van der Waals surface area contributed by atoms with Crippen LogP contribution in [0, 0.1) is 28.1 Å². The van der Waals surface area contributed by atoms with Crippen LogP contribution in [0.4, 0.5) is 0 Å². The maximum atomic E-state index is 8.36. The summed E-state index contributed by atoms with van der Waals surface area (Å²) in [6.07, 6.45) is 5.33. The first-order valence-corrected chi connectivity index (χ1v) is 6.33. The van der Waals surface area contributed by atoms with E-state index in [1.165, 1.54) is 6.42 Å². The van der Waals surface area contributed by atoms with E-state index < -0.39 is 0 Å². The van der Waals surface area contributed by atoms with Crippen molar-refractivity contribution in [3.8, 4) is 0 Å². The molecule has 0 saturated heterocycles. The van der Waals surface area contributed by atoms with E-state index >= 15 is 0 Å². The van der Waals surface area contributed by atoms with Gasteiger partial charge in [0, 0.05) is 23.0 Å². The number of nitrogens with two attached hydrogens (primary N) is 1. The van der Waals surface area contributed by atoms with Gasteiger partial charge in [-0.15, -0.1) is 0 Å². The molecule has 16 heavy (non-hydrogen) atoms. The Bertz CT molecular complexity index is 281. The molecule has 0 amide bonds. The van der Waals surface area contributed by atoms with Gasteiger partial charge in [-0.2, -0.15) is 0 Å². The SMILES string of the molecule is CCC(C)(C)C(=N)C1CCCCC1C(=N)N. The van der Waals surface area contributed by atoms with E-state index in [0.29, 0.717) is 0 Å². The number of nitrogens with one attached hydrogen (secondary N) is 2. The molecule has 92 valence electrons. The fourth-order valence-corrected chi connectivity index (χ4v) is 2.54. The lowest BCUT2D eigenvalue weighted by Gasteiger charge is -2.37. The van der Waals surface area contributed by atoms with E-state index in [9.17, 15) is 0 Å². The Morgan fingerprint density at radius 3 is 2.12 bits per heavy atom. The van der Waals surface area contributed by atoms with Gasteiger partial charge in [-0.25, -0.2) is 0 Å². The highest BCUT2D eigenvalue weighted by molar-refractivity contribution is 5.94. The lowest BCUT2D eigenvalue weighted by Crippen LogP contribution is -2.41. The van der Waals surface area contributed by atoms with Gasteiger partial charge in [0.05, 0.1) is 5.84 Å². The second-order valence-electron chi connectivity index (χ2n) is 5.60. The Morgan fingerprint density at radius 1 is 1.19 bits per heavy atom. The van der Waals surface area contributed by atoms with E-state index in [1.54, 1.807) is 0 Å². The van der Waals surface area contributed by atoms with E-state index in [0.717, 1.165) is 31.4 Å². The van der Waals surface area contributed by atoms with Crippen molar-refractivity contribution in [2.75, 3.05) is 0 Å². The first kappa shape index (κ1) is 13.2. The van der Waals surface area contributed by atoms with Crippen LogP contribution >= 0.6 is 0 Å². The molecule has 1 aliphatic carbocycles. The average molecular weight is 223 g/mol. The minimum Gasteiger partial charge on any atom is -0.387 e. The van der Waals surface area contributed by atoms with Crippen molar-refractivity contribution in [1.82, 2.24) is 0 Å². The maximum absolute atomic E-state index is 8.36. The molecule has 1 saturated carbocycles. The lowest BCUT2D eigenvalue weighted by molar-refractivity contribution is 0.341. The predicted molar refractivity (Wildman–Crippen MR) is 69.2 cm³/mol. The summed E-state index contributed by atoms with van der Waals surface area (Å²) >= 11 is 0. The maximum Gasteiger partial charge on any atom is 0.0943 e. The third-order valence-corrected chi connectivity index (χ3v) is 4.15. The van der Waals surface area contributed by atoms with E-state index in [1.807, 2.05) is 0 Å². The monoisotopic (exact) mass is 223 g/mol. The number of hydrogen-bond donors (Lipinski definition) is 3. The zero-order valence-corrected chi connectivity index (χ0v) is 10.8. The Balaban J connectivity index is 2.83. The van der Waals surface area contributed by atoms with Crippen molar-refractivity contribution in [2.24, 2.45) is 23.0 Å². The van der Waals surface area contributed by atoms with Gasteiger partial charge in [-0.3, -0.25) is 5.41 Å². The topological polar surface area (TPSA) is 73.7 Å². The molecule has 4 N–H and O–H groups in total. The van der Waals surface area contributed by atoms with Crippen LogP contribution in [0.15, 0.2) is 0 Å². The van der Waals surface area contributed by atoms with Crippen LogP contribution < -0.4 is 5.73 Å². The molecule has 1 rings (SSSR count). The van der Waals surface area contributed by atoms with Gasteiger partial charge in [0.25, 0.3) is 0 Å². The zero-order chi connectivity index (χ0) is 12.3. The molecule has 0 aromatic rings. The van der Waals surface area contributed by atoms with Crippen molar-refractivity contribution >= 4 is 11.5 Å². The van der Waals surface area contributed by atoms with Crippen LogP contribution in [0.1, 0.15) is 52.9 Å². The second-order valence-corrected chi connectivity index (χ2v) is 5.60. The molecule has 0 aliphatic heterocycles. The normalized spacial score (nSPS) is 26.4. The second kappa shape index (κ2) is 4.98. The van der Waals surface area contributed by atoms with E-state index in [2.05, 4.69) is 20.8 Å². The fourth-order valence-electron chi connectivity index (χ4n) is 2.54. The summed E-state index contributed by atoms with van der Waals surface area (Å²) < 4.78 is 0. The molecular weight excluding hydrogens is 198 g/mol. The third kappa shape index (κ3) is 2.63. The predicted octanol–water partition coefficient (Wildman–Crippen LogP) is 3.18. The number of rotatable bonds is 4. The molecule has 3 heteroatoms. The van der Waals surface area contributed by atoms with Crippen LogP contribution in [-0.2, 0) is 0 Å². The van der Waals surface area contributed by atoms with Crippen molar-refractivity contribution < 1.29 is 0 Å². The standard InChI is InChI=1S/C13H25N3/c1-4-13(2,3)11(14)9-7-5-6-8-10(9)12(15)16/h9-10,14H,4-8H2,1-3H3,(H3,15,16). The highest BCUT2D eigenvalue weighted by Crippen LogP contribution is 2.37. The van der Waals surface area contributed by atoms with Crippen molar-refractivity contribution in [3.05, 3.63) is 0 Å². The molecule has 0 aromatic carbocycles. The van der Waals surface area contributed by atoms with Crippen LogP contribution in [0.25, 0.3) is 0 Å². The minimum absolute atomic E-state index is 0.0459. The Morgan fingerprint density at radius 2 is 1.69 bits per heavy atom. The molecule has 0 bridgehead atoms. The number of hydrogen-bond acceptors (Lipinski definition) is 2. The molecule has 1 fully saturated rings. The van der Waals surface area contributed by atoms with Crippen LogP contribution in [0.5, 0.6) is 0 Å². The average Bonchev–Trinajstić information content (AvgIpc) is 2.28. The Hall–Kier alpha value is -0.860. The first-order chi connectivity index (χ1) is 7.40. The molecule has 2 unspecified atom stereocenters. The summed E-state index contributed by atoms with van der Waals surface area (Å²) in [6.45, 7) is 6.38. The van der Waals surface area contributed by atoms with Gasteiger partial charge < -0.3 is 11.1 Å². The summed E-state index contributed by atoms with van der Waals surface area (Å²) in [6, 6.07) is 0. The van der Waals surface area contributed by atoms with Gasteiger partial charge >= 0.3 is 0 Å². The molecule has 0 heterocycles. The molecule has 1 aliphatic rings. The van der Waals surface area contributed by atoms with Crippen LogP contribution in [0.2, 0.25) is 0 Å². The minimum atomic E-state index is -0.0459. The largest absolute Gasteiger partial charge is 0.387 e. The van der Waals surface area contributed by atoms with Gasteiger partial charge in [0.2, 0.25) is 0 Å².